The Bertz CT molecular complexity index is 218. The molecule has 0 aromatic rings. The molecule has 2 N–H and O–H groups in total. The molecular formula is C22H47NO2. The van der Waals surface area contributed by atoms with E-state index in [-0.39, 0.29) is 0 Å². The predicted octanol–water partition coefficient (Wildman–Crippen LogP) is 5.53. The van der Waals surface area contributed by atoms with E-state index in [1.165, 1.54) is 110 Å². The van der Waals surface area contributed by atoms with Crippen molar-refractivity contribution in [2.24, 2.45) is 0 Å². The number of aliphatic hydroxyl groups is 2. The second-order valence-electron chi connectivity index (χ2n) is 7.59. The minimum atomic E-state index is 0.353. The summed E-state index contributed by atoms with van der Waals surface area (Å²) in [6, 6.07) is 0. The summed E-state index contributed by atoms with van der Waals surface area (Å²) < 4.78 is 0. The van der Waals surface area contributed by atoms with Gasteiger partial charge in [0.2, 0.25) is 0 Å². The van der Waals surface area contributed by atoms with Gasteiger partial charge >= 0.3 is 0 Å². The Morgan fingerprint density at radius 2 is 0.760 bits per heavy atom. The molecule has 0 saturated carbocycles. The average molecular weight is 358 g/mol. The van der Waals surface area contributed by atoms with Gasteiger partial charge in [0, 0.05) is 13.2 Å². The molecule has 0 aliphatic carbocycles. The Kier molecular flexibility index (Phi) is 21.8. The molecule has 0 atom stereocenters. The van der Waals surface area contributed by atoms with Crippen LogP contribution in [0, 0.1) is 0 Å². The lowest BCUT2D eigenvalue weighted by molar-refractivity contribution is 0.252. The van der Waals surface area contributed by atoms with Crippen molar-refractivity contribution in [1.29, 1.82) is 0 Å². The third-order valence-electron chi connectivity index (χ3n) is 5.09. The van der Waals surface area contributed by atoms with Crippen molar-refractivity contribution >= 4 is 0 Å². The maximum absolute atomic E-state index is 8.81. The van der Waals surface area contributed by atoms with Crippen LogP contribution in [0.3, 0.4) is 0 Å². The predicted molar refractivity (Wildman–Crippen MR) is 110 cm³/mol. The molecule has 0 fully saturated rings. The van der Waals surface area contributed by atoms with Crippen LogP contribution in [-0.4, -0.2) is 48.0 Å². The fourth-order valence-electron chi connectivity index (χ4n) is 3.41. The quantitative estimate of drug-likeness (QED) is 0.265. The van der Waals surface area contributed by atoms with Crippen molar-refractivity contribution in [3.63, 3.8) is 0 Å². The van der Waals surface area contributed by atoms with Gasteiger partial charge in [-0.3, -0.25) is 0 Å². The zero-order chi connectivity index (χ0) is 18.4. The topological polar surface area (TPSA) is 43.7 Å². The zero-order valence-corrected chi connectivity index (χ0v) is 17.2. The van der Waals surface area contributed by atoms with Gasteiger partial charge in [0.25, 0.3) is 0 Å². The van der Waals surface area contributed by atoms with E-state index in [9.17, 15) is 0 Å². The van der Waals surface area contributed by atoms with E-state index in [1.807, 2.05) is 0 Å². The first-order valence-corrected chi connectivity index (χ1v) is 11.3. The Labute approximate surface area is 158 Å². The van der Waals surface area contributed by atoms with Crippen LogP contribution < -0.4 is 0 Å². The largest absolute Gasteiger partial charge is 0.396 e. The van der Waals surface area contributed by atoms with Crippen molar-refractivity contribution in [3.05, 3.63) is 0 Å². The minimum absolute atomic E-state index is 0.353. The molecule has 0 heterocycles. The van der Waals surface area contributed by atoms with Crippen molar-refractivity contribution in [2.75, 3.05) is 32.8 Å². The fraction of sp³-hybridized carbons (Fsp3) is 1.00. The lowest BCUT2D eigenvalue weighted by Crippen LogP contribution is -2.27. The molecule has 25 heavy (non-hydrogen) atoms. The zero-order valence-electron chi connectivity index (χ0n) is 17.2. The summed E-state index contributed by atoms with van der Waals surface area (Å²) in [6.07, 6.45) is 20.4. The van der Waals surface area contributed by atoms with Crippen molar-refractivity contribution in [3.8, 4) is 0 Å². The summed E-state index contributed by atoms with van der Waals surface area (Å²) in [5, 5.41) is 17.6. The highest BCUT2D eigenvalue weighted by molar-refractivity contribution is 4.60. The molecular weight excluding hydrogens is 310 g/mol. The van der Waals surface area contributed by atoms with E-state index in [4.69, 9.17) is 10.2 Å². The van der Waals surface area contributed by atoms with E-state index in [0.717, 1.165) is 12.8 Å². The van der Waals surface area contributed by atoms with E-state index >= 15 is 0 Å². The van der Waals surface area contributed by atoms with Crippen molar-refractivity contribution in [1.82, 2.24) is 4.90 Å². The molecule has 3 nitrogen and oxygen atoms in total. The van der Waals surface area contributed by atoms with Crippen LogP contribution in [-0.2, 0) is 0 Å². The van der Waals surface area contributed by atoms with E-state index in [0.29, 0.717) is 13.2 Å². The van der Waals surface area contributed by atoms with Crippen LogP contribution in [0.15, 0.2) is 0 Å². The van der Waals surface area contributed by atoms with Gasteiger partial charge in [-0.1, -0.05) is 77.6 Å². The molecule has 0 aliphatic heterocycles. The standard InChI is InChI=1S/C22H47NO2/c1-2-3-4-13-18-23(19-14-9-5-7-11-16-21-24)20-15-10-6-8-12-17-22-25/h24-25H,2-22H2,1H3. The molecule has 0 aliphatic rings. The Morgan fingerprint density at radius 3 is 1.12 bits per heavy atom. The number of rotatable bonds is 21. The summed E-state index contributed by atoms with van der Waals surface area (Å²) in [4.78, 5) is 2.71. The Morgan fingerprint density at radius 1 is 0.440 bits per heavy atom. The third kappa shape index (κ3) is 20.0. The van der Waals surface area contributed by atoms with Crippen LogP contribution >= 0.6 is 0 Å². The van der Waals surface area contributed by atoms with Gasteiger partial charge < -0.3 is 15.1 Å². The monoisotopic (exact) mass is 357 g/mol. The van der Waals surface area contributed by atoms with Gasteiger partial charge in [-0.15, -0.1) is 0 Å². The molecule has 0 bridgehead atoms. The lowest BCUT2D eigenvalue weighted by atomic mass is 10.1. The van der Waals surface area contributed by atoms with E-state index in [2.05, 4.69) is 11.8 Å². The number of unbranched alkanes of at least 4 members (excludes halogenated alkanes) is 13. The van der Waals surface area contributed by atoms with Crippen molar-refractivity contribution in [2.45, 2.75) is 110 Å². The first-order valence-electron chi connectivity index (χ1n) is 11.3. The second-order valence-corrected chi connectivity index (χ2v) is 7.59. The van der Waals surface area contributed by atoms with Crippen LogP contribution in [0.2, 0.25) is 0 Å². The highest BCUT2D eigenvalue weighted by atomic mass is 16.3. The van der Waals surface area contributed by atoms with E-state index in [1.54, 1.807) is 0 Å². The van der Waals surface area contributed by atoms with Crippen LogP contribution in [0.25, 0.3) is 0 Å². The molecule has 0 aromatic heterocycles. The number of hydrogen-bond acceptors (Lipinski definition) is 3. The van der Waals surface area contributed by atoms with Gasteiger partial charge in [-0.25, -0.2) is 0 Å². The summed E-state index contributed by atoms with van der Waals surface area (Å²) in [7, 11) is 0. The highest BCUT2D eigenvalue weighted by Crippen LogP contribution is 2.10. The molecule has 0 rings (SSSR count). The molecule has 0 radical (unpaired) electrons. The van der Waals surface area contributed by atoms with Crippen LogP contribution in [0.4, 0.5) is 0 Å². The summed E-state index contributed by atoms with van der Waals surface area (Å²) in [5.41, 5.74) is 0. The summed E-state index contributed by atoms with van der Waals surface area (Å²) in [6.45, 7) is 6.82. The fourth-order valence-corrected chi connectivity index (χ4v) is 3.41. The highest BCUT2D eigenvalue weighted by Gasteiger charge is 2.04. The molecule has 0 aromatic carbocycles. The summed E-state index contributed by atoms with van der Waals surface area (Å²) in [5.74, 6) is 0. The molecule has 0 spiro atoms. The van der Waals surface area contributed by atoms with Gasteiger partial charge in [0.05, 0.1) is 0 Å². The Hall–Kier alpha value is -0.120. The molecule has 0 unspecified atom stereocenters. The third-order valence-corrected chi connectivity index (χ3v) is 5.09. The van der Waals surface area contributed by atoms with Crippen molar-refractivity contribution < 1.29 is 10.2 Å². The van der Waals surface area contributed by atoms with Crippen LogP contribution in [0.5, 0.6) is 0 Å². The van der Waals surface area contributed by atoms with Crippen LogP contribution in [0.1, 0.15) is 110 Å². The van der Waals surface area contributed by atoms with Gasteiger partial charge in [-0.05, 0) is 51.7 Å². The normalized spacial score (nSPS) is 11.5. The second kappa shape index (κ2) is 21.9. The van der Waals surface area contributed by atoms with E-state index < -0.39 is 0 Å². The lowest BCUT2D eigenvalue weighted by Gasteiger charge is -2.22. The Balaban J connectivity index is 3.71. The summed E-state index contributed by atoms with van der Waals surface area (Å²) >= 11 is 0. The number of nitrogens with zero attached hydrogens (tertiary/aromatic N) is 1. The maximum atomic E-state index is 8.81. The maximum Gasteiger partial charge on any atom is 0.0431 e. The SMILES string of the molecule is CCCCCCN(CCCCCCCCO)CCCCCCCCO. The first kappa shape index (κ1) is 24.9. The molecule has 152 valence electrons. The smallest absolute Gasteiger partial charge is 0.0431 e. The minimum Gasteiger partial charge on any atom is -0.396 e. The van der Waals surface area contributed by atoms with Gasteiger partial charge in [0.1, 0.15) is 0 Å². The number of hydrogen-bond donors (Lipinski definition) is 2. The first-order chi connectivity index (χ1) is 12.3. The molecule has 3 heteroatoms. The number of aliphatic hydroxyl groups excluding tert-OH is 2. The van der Waals surface area contributed by atoms with Gasteiger partial charge in [0.15, 0.2) is 0 Å². The molecule has 0 saturated heterocycles. The average Bonchev–Trinajstić information content (AvgIpc) is 2.63. The molecule has 0 amide bonds. The van der Waals surface area contributed by atoms with Gasteiger partial charge in [-0.2, -0.15) is 0 Å².